The van der Waals surface area contributed by atoms with E-state index in [1.165, 1.54) is 12.1 Å². The molecule has 1 atom stereocenters. The number of nitro groups is 1. The number of nitrogens with zero attached hydrogens (tertiary/aromatic N) is 1. The Morgan fingerprint density at radius 2 is 2.17 bits per heavy atom. The molecular formula is C13H18BrNO3. The lowest BCUT2D eigenvalue weighted by atomic mass is 10.1. The van der Waals surface area contributed by atoms with Crippen molar-refractivity contribution in [1.29, 1.82) is 0 Å². The van der Waals surface area contributed by atoms with Gasteiger partial charge in [-0.25, -0.2) is 0 Å². The van der Waals surface area contributed by atoms with Crippen molar-refractivity contribution in [2.75, 3.05) is 11.9 Å². The predicted molar refractivity (Wildman–Crippen MR) is 75.5 cm³/mol. The molecule has 1 rings (SSSR count). The van der Waals surface area contributed by atoms with Crippen molar-refractivity contribution in [2.45, 2.75) is 26.7 Å². The van der Waals surface area contributed by atoms with Gasteiger partial charge in [0.05, 0.1) is 11.5 Å². The van der Waals surface area contributed by atoms with Crippen LogP contribution in [-0.4, -0.2) is 16.9 Å². The SMILES string of the molecule is Cc1cc([N+](=O)[O-])ccc1OCCC(C)CCBr. The van der Waals surface area contributed by atoms with Crippen molar-refractivity contribution < 1.29 is 9.66 Å². The fraction of sp³-hybridized carbons (Fsp3) is 0.538. The van der Waals surface area contributed by atoms with Crippen molar-refractivity contribution in [3.05, 3.63) is 33.9 Å². The van der Waals surface area contributed by atoms with E-state index >= 15 is 0 Å². The molecule has 0 fully saturated rings. The third-order valence-corrected chi connectivity index (χ3v) is 3.30. The van der Waals surface area contributed by atoms with E-state index in [0.29, 0.717) is 12.5 Å². The number of non-ortho nitro benzene ring substituents is 1. The summed E-state index contributed by atoms with van der Waals surface area (Å²) < 4.78 is 5.65. The Kier molecular flexibility index (Phi) is 6.12. The van der Waals surface area contributed by atoms with Gasteiger partial charge in [0, 0.05) is 17.5 Å². The van der Waals surface area contributed by atoms with Crippen LogP contribution in [0.1, 0.15) is 25.3 Å². The van der Waals surface area contributed by atoms with E-state index in [4.69, 9.17) is 4.74 Å². The quantitative estimate of drug-likeness (QED) is 0.432. The Morgan fingerprint density at radius 3 is 2.72 bits per heavy atom. The van der Waals surface area contributed by atoms with E-state index in [0.717, 1.165) is 29.5 Å². The van der Waals surface area contributed by atoms with Gasteiger partial charge in [-0.3, -0.25) is 10.1 Å². The molecule has 18 heavy (non-hydrogen) atoms. The maximum absolute atomic E-state index is 10.6. The molecule has 0 aliphatic rings. The van der Waals surface area contributed by atoms with Crippen LogP contribution in [0, 0.1) is 23.0 Å². The summed E-state index contributed by atoms with van der Waals surface area (Å²) >= 11 is 3.42. The monoisotopic (exact) mass is 315 g/mol. The largest absolute Gasteiger partial charge is 0.493 e. The lowest BCUT2D eigenvalue weighted by Gasteiger charge is -2.12. The summed E-state index contributed by atoms with van der Waals surface area (Å²) in [6.45, 7) is 4.66. The number of alkyl halides is 1. The standard InChI is InChI=1S/C13H18BrNO3/c1-10(5-7-14)6-8-18-13-4-3-12(15(16)17)9-11(13)2/h3-4,9-10H,5-8H2,1-2H3. The minimum atomic E-state index is -0.394. The number of rotatable bonds is 7. The maximum atomic E-state index is 10.6. The van der Waals surface area contributed by atoms with Crippen LogP contribution >= 0.6 is 15.9 Å². The first-order chi connectivity index (χ1) is 8.54. The van der Waals surface area contributed by atoms with Gasteiger partial charge in [-0.15, -0.1) is 0 Å². The predicted octanol–water partition coefficient (Wildman–Crippen LogP) is 4.09. The fourth-order valence-corrected chi connectivity index (χ4v) is 2.39. The van der Waals surface area contributed by atoms with Crippen LogP contribution in [0.15, 0.2) is 18.2 Å². The van der Waals surface area contributed by atoms with E-state index in [1.807, 2.05) is 6.92 Å². The Hall–Kier alpha value is -1.10. The van der Waals surface area contributed by atoms with E-state index in [2.05, 4.69) is 22.9 Å². The molecule has 0 bridgehead atoms. The second kappa shape index (κ2) is 7.36. The van der Waals surface area contributed by atoms with Crippen LogP contribution < -0.4 is 4.74 Å². The lowest BCUT2D eigenvalue weighted by molar-refractivity contribution is -0.384. The third kappa shape index (κ3) is 4.64. The van der Waals surface area contributed by atoms with Crippen LogP contribution in [0.25, 0.3) is 0 Å². The number of halogens is 1. The van der Waals surface area contributed by atoms with Crippen LogP contribution in [0.4, 0.5) is 5.69 Å². The van der Waals surface area contributed by atoms with E-state index in [1.54, 1.807) is 6.07 Å². The summed E-state index contributed by atoms with van der Waals surface area (Å²) in [5, 5.41) is 11.6. The third-order valence-electron chi connectivity index (χ3n) is 2.84. The van der Waals surface area contributed by atoms with Crippen LogP contribution in [0.2, 0.25) is 0 Å². The number of hydrogen-bond donors (Lipinski definition) is 0. The number of hydrogen-bond acceptors (Lipinski definition) is 3. The van der Waals surface area contributed by atoms with Gasteiger partial charge in [0.25, 0.3) is 5.69 Å². The van der Waals surface area contributed by atoms with Gasteiger partial charge in [0.2, 0.25) is 0 Å². The summed E-state index contributed by atoms with van der Waals surface area (Å²) in [4.78, 5) is 10.2. The Labute approximate surface area is 116 Å². The fourth-order valence-electron chi connectivity index (χ4n) is 1.61. The molecule has 1 aromatic rings. The highest BCUT2D eigenvalue weighted by Gasteiger charge is 2.09. The Bertz CT molecular complexity index is 409. The molecule has 0 aliphatic carbocycles. The minimum absolute atomic E-state index is 0.104. The maximum Gasteiger partial charge on any atom is 0.269 e. The average molecular weight is 316 g/mol. The van der Waals surface area contributed by atoms with E-state index in [9.17, 15) is 10.1 Å². The number of aryl methyl sites for hydroxylation is 1. The zero-order valence-corrected chi connectivity index (χ0v) is 12.3. The molecule has 1 unspecified atom stereocenters. The lowest BCUT2D eigenvalue weighted by Crippen LogP contribution is -2.05. The van der Waals surface area contributed by atoms with Crippen LogP contribution in [0.5, 0.6) is 5.75 Å². The molecule has 5 heteroatoms. The Balaban J connectivity index is 2.50. The summed E-state index contributed by atoms with van der Waals surface area (Å²) in [5.41, 5.74) is 0.907. The topological polar surface area (TPSA) is 52.4 Å². The molecule has 0 amide bonds. The second-order valence-corrected chi connectivity index (χ2v) is 5.22. The molecule has 0 aliphatic heterocycles. The first kappa shape index (κ1) is 15.0. The number of benzene rings is 1. The molecule has 0 saturated heterocycles. The summed E-state index contributed by atoms with van der Waals surface area (Å²) in [6, 6.07) is 4.68. The molecule has 1 aromatic carbocycles. The first-order valence-electron chi connectivity index (χ1n) is 5.98. The molecule has 0 aromatic heterocycles. The molecule has 0 saturated carbocycles. The zero-order valence-electron chi connectivity index (χ0n) is 10.7. The van der Waals surface area contributed by atoms with Gasteiger partial charge >= 0.3 is 0 Å². The van der Waals surface area contributed by atoms with Crippen LogP contribution in [0.3, 0.4) is 0 Å². The average Bonchev–Trinajstić information content (AvgIpc) is 2.31. The summed E-state index contributed by atoms with van der Waals surface area (Å²) in [6.07, 6.45) is 2.12. The highest BCUT2D eigenvalue weighted by atomic mass is 79.9. The number of nitro benzene ring substituents is 1. The molecule has 4 nitrogen and oxygen atoms in total. The van der Waals surface area contributed by atoms with E-state index in [-0.39, 0.29) is 5.69 Å². The molecule has 0 radical (unpaired) electrons. The number of ether oxygens (including phenoxy) is 1. The zero-order chi connectivity index (χ0) is 13.5. The Morgan fingerprint density at radius 1 is 1.44 bits per heavy atom. The van der Waals surface area contributed by atoms with Crippen molar-refractivity contribution in [3.63, 3.8) is 0 Å². The first-order valence-corrected chi connectivity index (χ1v) is 7.10. The molecule has 100 valence electrons. The van der Waals surface area contributed by atoms with Gasteiger partial charge in [0.15, 0.2) is 0 Å². The van der Waals surface area contributed by atoms with Crippen molar-refractivity contribution >= 4 is 21.6 Å². The highest BCUT2D eigenvalue weighted by Crippen LogP contribution is 2.23. The normalized spacial score (nSPS) is 12.2. The molecule has 0 spiro atoms. The van der Waals surface area contributed by atoms with Gasteiger partial charge in [-0.1, -0.05) is 22.9 Å². The van der Waals surface area contributed by atoms with Gasteiger partial charge < -0.3 is 4.74 Å². The van der Waals surface area contributed by atoms with Crippen molar-refractivity contribution in [2.24, 2.45) is 5.92 Å². The van der Waals surface area contributed by atoms with Crippen molar-refractivity contribution in [1.82, 2.24) is 0 Å². The van der Waals surface area contributed by atoms with Gasteiger partial charge in [-0.05, 0) is 37.3 Å². The molecule has 0 N–H and O–H groups in total. The minimum Gasteiger partial charge on any atom is -0.493 e. The van der Waals surface area contributed by atoms with Gasteiger partial charge in [0.1, 0.15) is 5.75 Å². The smallest absolute Gasteiger partial charge is 0.269 e. The highest BCUT2D eigenvalue weighted by molar-refractivity contribution is 9.09. The van der Waals surface area contributed by atoms with Gasteiger partial charge in [-0.2, -0.15) is 0 Å². The van der Waals surface area contributed by atoms with Crippen molar-refractivity contribution in [3.8, 4) is 5.75 Å². The summed E-state index contributed by atoms with van der Waals surface area (Å²) in [5.74, 6) is 1.34. The van der Waals surface area contributed by atoms with Crippen LogP contribution in [-0.2, 0) is 0 Å². The summed E-state index contributed by atoms with van der Waals surface area (Å²) in [7, 11) is 0. The molecule has 0 heterocycles. The second-order valence-electron chi connectivity index (χ2n) is 4.43. The van der Waals surface area contributed by atoms with E-state index < -0.39 is 4.92 Å². The molecular weight excluding hydrogens is 298 g/mol.